The molecule has 3 nitrogen and oxygen atoms in total. The molecule has 2 aliphatic rings. The van der Waals surface area contributed by atoms with E-state index in [9.17, 15) is 4.79 Å². The fraction of sp³-hybridized carbons (Fsp3) is 0.294. The average Bonchev–Trinajstić information content (AvgIpc) is 2.80. The molecular formula is C17H17NO2. The number of hydrogen-bond donors (Lipinski definition) is 0. The largest absolute Gasteiger partial charge is 0.456 e. The normalized spacial score (nSPS) is 16.1. The van der Waals surface area contributed by atoms with E-state index in [-0.39, 0.29) is 5.97 Å². The fourth-order valence-electron chi connectivity index (χ4n) is 2.37. The summed E-state index contributed by atoms with van der Waals surface area (Å²) >= 11 is 0. The van der Waals surface area contributed by atoms with Crippen LogP contribution >= 0.6 is 0 Å². The zero-order valence-corrected chi connectivity index (χ0v) is 11.9. The first-order valence-electron chi connectivity index (χ1n) is 6.74. The first-order chi connectivity index (χ1) is 9.42. The highest BCUT2D eigenvalue weighted by Gasteiger charge is 2.21. The van der Waals surface area contributed by atoms with E-state index < -0.39 is 5.60 Å². The number of rotatable bonds is 1. The number of fused-ring (bicyclic) bond motifs is 2. The van der Waals surface area contributed by atoms with Crippen molar-refractivity contribution in [2.24, 2.45) is 4.99 Å². The minimum absolute atomic E-state index is 0.272. The Morgan fingerprint density at radius 3 is 2.85 bits per heavy atom. The lowest BCUT2D eigenvalue weighted by molar-refractivity contribution is 0.00694. The summed E-state index contributed by atoms with van der Waals surface area (Å²) in [6.45, 7) is 5.62. The molecule has 0 bridgehead atoms. The van der Waals surface area contributed by atoms with E-state index >= 15 is 0 Å². The summed E-state index contributed by atoms with van der Waals surface area (Å²) in [7, 11) is 0. The lowest BCUT2D eigenvalue weighted by Gasteiger charge is -2.20. The Morgan fingerprint density at radius 1 is 1.30 bits per heavy atom. The van der Waals surface area contributed by atoms with Crippen molar-refractivity contribution in [3.8, 4) is 0 Å². The van der Waals surface area contributed by atoms with Crippen molar-refractivity contribution in [3.05, 3.63) is 52.2 Å². The van der Waals surface area contributed by atoms with Gasteiger partial charge in [0.15, 0.2) is 0 Å². The third-order valence-electron chi connectivity index (χ3n) is 3.27. The van der Waals surface area contributed by atoms with Crippen molar-refractivity contribution in [2.45, 2.75) is 32.8 Å². The van der Waals surface area contributed by atoms with E-state index in [1.54, 1.807) is 0 Å². The summed E-state index contributed by atoms with van der Waals surface area (Å²) in [5.41, 5.74) is 4.65. The zero-order valence-electron chi connectivity index (χ0n) is 11.9. The van der Waals surface area contributed by atoms with Crippen LogP contribution in [0.15, 0.2) is 40.5 Å². The van der Waals surface area contributed by atoms with Crippen LogP contribution in [0.3, 0.4) is 0 Å². The predicted octanol–water partition coefficient (Wildman–Crippen LogP) is 3.55. The highest BCUT2D eigenvalue weighted by molar-refractivity contribution is 5.91. The molecule has 0 unspecified atom stereocenters. The third kappa shape index (κ3) is 2.44. The number of aliphatic imine (C=N–C) groups is 1. The summed E-state index contributed by atoms with van der Waals surface area (Å²) in [5, 5.41) is 0. The third-order valence-corrected chi connectivity index (χ3v) is 3.27. The highest BCUT2D eigenvalue weighted by Crippen LogP contribution is 2.31. The van der Waals surface area contributed by atoms with E-state index in [4.69, 9.17) is 4.74 Å². The van der Waals surface area contributed by atoms with E-state index in [0.717, 1.165) is 23.2 Å². The van der Waals surface area contributed by atoms with Crippen molar-refractivity contribution in [3.63, 3.8) is 0 Å². The van der Waals surface area contributed by atoms with Crippen molar-refractivity contribution in [1.82, 2.24) is 0 Å². The number of esters is 1. The molecule has 0 aromatic heterocycles. The van der Waals surface area contributed by atoms with Crippen LogP contribution in [-0.4, -0.2) is 17.8 Å². The van der Waals surface area contributed by atoms with Crippen molar-refractivity contribution in [1.29, 1.82) is 0 Å². The molecule has 0 spiro atoms. The summed E-state index contributed by atoms with van der Waals surface area (Å²) in [4.78, 5) is 16.4. The van der Waals surface area contributed by atoms with Crippen molar-refractivity contribution in [2.75, 3.05) is 0 Å². The van der Waals surface area contributed by atoms with Gasteiger partial charge in [0.25, 0.3) is 0 Å². The molecule has 0 N–H and O–H groups in total. The second-order valence-electron chi connectivity index (χ2n) is 6.09. The first-order valence-corrected chi connectivity index (χ1v) is 6.74. The standard InChI is InChI=1S/C17H17NO2/c1-17(2,3)20-16(19)13-5-4-11-10-15-12(6-7-18-15)8-14(11)9-13/h4-7,9-10H,8H2,1-3H3. The second-order valence-corrected chi connectivity index (χ2v) is 6.09. The Labute approximate surface area is 118 Å². The van der Waals surface area contributed by atoms with E-state index in [1.165, 1.54) is 5.57 Å². The van der Waals surface area contributed by atoms with Gasteiger partial charge in [-0.15, -0.1) is 0 Å². The van der Waals surface area contributed by atoms with Gasteiger partial charge in [0.05, 0.1) is 11.3 Å². The monoisotopic (exact) mass is 267 g/mol. The van der Waals surface area contributed by atoms with Crippen LogP contribution in [0.2, 0.25) is 0 Å². The molecule has 0 radical (unpaired) electrons. The molecule has 1 aromatic carbocycles. The molecule has 20 heavy (non-hydrogen) atoms. The smallest absolute Gasteiger partial charge is 0.338 e. The lowest BCUT2D eigenvalue weighted by atomic mass is 9.91. The van der Waals surface area contributed by atoms with Crippen molar-refractivity contribution < 1.29 is 9.53 Å². The number of allylic oxidation sites excluding steroid dienone is 2. The Morgan fingerprint density at radius 2 is 2.10 bits per heavy atom. The Balaban J connectivity index is 1.91. The van der Waals surface area contributed by atoms with Crippen LogP contribution in [-0.2, 0) is 11.2 Å². The summed E-state index contributed by atoms with van der Waals surface area (Å²) in [5.74, 6) is -0.272. The SMILES string of the molecule is CC(C)(C)OC(=O)c1ccc2c(c1)CC1=CC=NC1=C2. The predicted molar refractivity (Wildman–Crippen MR) is 79.9 cm³/mol. The number of ether oxygens (including phenoxy) is 1. The van der Waals surface area contributed by atoms with Crippen LogP contribution in [0.4, 0.5) is 0 Å². The van der Waals surface area contributed by atoms with Crippen LogP contribution in [0.1, 0.15) is 42.3 Å². The molecule has 1 heterocycles. The molecule has 0 atom stereocenters. The first kappa shape index (κ1) is 12.9. The van der Waals surface area contributed by atoms with E-state index in [1.807, 2.05) is 51.3 Å². The van der Waals surface area contributed by atoms with Crippen LogP contribution in [0, 0.1) is 0 Å². The van der Waals surface area contributed by atoms with Crippen LogP contribution in [0.25, 0.3) is 6.08 Å². The molecule has 0 saturated heterocycles. The number of carbonyl (C=O) groups excluding carboxylic acids is 1. The van der Waals surface area contributed by atoms with Gasteiger partial charge in [0.1, 0.15) is 5.60 Å². The van der Waals surface area contributed by atoms with Gasteiger partial charge in [0.2, 0.25) is 0 Å². The van der Waals surface area contributed by atoms with Gasteiger partial charge in [-0.25, -0.2) is 4.79 Å². The quantitative estimate of drug-likeness (QED) is 0.730. The topological polar surface area (TPSA) is 38.7 Å². The molecule has 1 aliphatic carbocycles. The van der Waals surface area contributed by atoms with Gasteiger partial charge in [0, 0.05) is 12.6 Å². The fourth-order valence-corrected chi connectivity index (χ4v) is 2.37. The zero-order chi connectivity index (χ0) is 14.3. The van der Waals surface area contributed by atoms with Gasteiger partial charge in [-0.2, -0.15) is 0 Å². The van der Waals surface area contributed by atoms with E-state index in [0.29, 0.717) is 5.56 Å². The Kier molecular flexibility index (Phi) is 2.85. The maximum atomic E-state index is 12.1. The van der Waals surface area contributed by atoms with Gasteiger partial charge in [-0.05, 0) is 61.8 Å². The van der Waals surface area contributed by atoms with Gasteiger partial charge < -0.3 is 4.74 Å². The Hall–Kier alpha value is -2.16. The average molecular weight is 267 g/mol. The second kappa shape index (κ2) is 4.44. The van der Waals surface area contributed by atoms with Gasteiger partial charge in [-0.1, -0.05) is 6.07 Å². The molecule has 1 aromatic rings. The minimum atomic E-state index is -0.470. The number of carbonyl (C=O) groups is 1. The molecule has 0 fully saturated rings. The molecule has 0 amide bonds. The molecule has 3 rings (SSSR count). The van der Waals surface area contributed by atoms with Gasteiger partial charge >= 0.3 is 5.97 Å². The minimum Gasteiger partial charge on any atom is -0.456 e. The maximum absolute atomic E-state index is 12.1. The number of benzene rings is 1. The number of hydrogen-bond acceptors (Lipinski definition) is 3. The van der Waals surface area contributed by atoms with E-state index in [2.05, 4.69) is 11.1 Å². The molecule has 102 valence electrons. The molecular weight excluding hydrogens is 250 g/mol. The highest BCUT2D eigenvalue weighted by atomic mass is 16.6. The summed E-state index contributed by atoms with van der Waals surface area (Å²) < 4.78 is 5.41. The lowest BCUT2D eigenvalue weighted by Crippen LogP contribution is -2.24. The molecule has 1 aliphatic heterocycles. The summed E-state index contributed by atoms with van der Waals surface area (Å²) in [6, 6.07) is 5.71. The van der Waals surface area contributed by atoms with Crippen LogP contribution in [0.5, 0.6) is 0 Å². The Bertz CT molecular complexity index is 673. The van der Waals surface area contributed by atoms with Crippen molar-refractivity contribution >= 4 is 18.3 Å². The van der Waals surface area contributed by atoms with Gasteiger partial charge in [-0.3, -0.25) is 4.99 Å². The maximum Gasteiger partial charge on any atom is 0.338 e. The summed E-state index contributed by atoms with van der Waals surface area (Å²) in [6.07, 6.45) is 6.72. The van der Waals surface area contributed by atoms with Crippen LogP contribution < -0.4 is 0 Å². The number of nitrogens with zero attached hydrogens (tertiary/aromatic N) is 1. The molecule has 0 saturated carbocycles. The molecule has 3 heteroatoms.